The Bertz CT molecular complexity index is 614. The zero-order valence-corrected chi connectivity index (χ0v) is 15.6. The molecule has 0 N–H and O–H groups in total. The van der Waals surface area contributed by atoms with Crippen molar-refractivity contribution in [3.05, 3.63) is 24.0 Å². The molecule has 0 bridgehead atoms. The highest BCUT2D eigenvalue weighted by atomic mass is 16.2. The molecular weight excluding hydrogens is 300 g/mol. The maximum absolute atomic E-state index is 12.8. The molecule has 3 unspecified atom stereocenters. The average molecular weight is 328 g/mol. The van der Waals surface area contributed by atoms with Crippen molar-refractivity contribution >= 4 is 11.6 Å². The first-order valence-corrected chi connectivity index (χ1v) is 8.58. The van der Waals surface area contributed by atoms with Crippen LogP contribution in [0.25, 0.3) is 0 Å². The Morgan fingerprint density at radius 3 is 2.29 bits per heavy atom. The Hall–Kier alpha value is -2.09. The smallest absolute Gasteiger partial charge is 0.226 e. The molecule has 2 rings (SSSR count). The first-order chi connectivity index (χ1) is 11.1. The second-order valence-corrected chi connectivity index (χ2v) is 7.95. The molecule has 130 valence electrons. The second kappa shape index (κ2) is 6.80. The quantitative estimate of drug-likeness (QED) is 0.837. The summed E-state index contributed by atoms with van der Waals surface area (Å²) in [7, 11) is 0. The van der Waals surface area contributed by atoms with Crippen LogP contribution in [0.4, 0.5) is 5.69 Å². The van der Waals surface area contributed by atoms with Gasteiger partial charge < -0.3 is 9.80 Å². The summed E-state index contributed by atoms with van der Waals surface area (Å²) in [6.07, 6.45) is 1.75. The van der Waals surface area contributed by atoms with Crippen molar-refractivity contribution in [1.82, 2.24) is 9.88 Å². The molecule has 1 aliphatic rings. The van der Waals surface area contributed by atoms with Crippen LogP contribution in [0.1, 0.15) is 47.2 Å². The molecule has 0 aromatic carbocycles. The molecule has 1 saturated heterocycles. The molecule has 0 saturated carbocycles. The van der Waals surface area contributed by atoms with E-state index in [1.807, 2.05) is 24.0 Å². The maximum Gasteiger partial charge on any atom is 0.226 e. The minimum Gasteiger partial charge on any atom is -0.361 e. The predicted octanol–water partition coefficient (Wildman–Crippen LogP) is 3.06. The average Bonchev–Trinajstić information content (AvgIpc) is 2.52. The van der Waals surface area contributed by atoms with Crippen LogP contribution in [0.2, 0.25) is 0 Å². The van der Waals surface area contributed by atoms with Gasteiger partial charge in [0.15, 0.2) is 0 Å². The van der Waals surface area contributed by atoms with Crippen molar-refractivity contribution in [3.8, 4) is 6.07 Å². The summed E-state index contributed by atoms with van der Waals surface area (Å²) in [5, 5.41) is 8.89. The van der Waals surface area contributed by atoms with Crippen molar-refractivity contribution in [3.63, 3.8) is 0 Å². The molecule has 0 radical (unpaired) electrons. The number of nitrogens with zero attached hydrogens (tertiary/aromatic N) is 4. The van der Waals surface area contributed by atoms with Crippen LogP contribution in [0.3, 0.4) is 0 Å². The number of rotatable bonds is 2. The number of nitriles is 1. The lowest BCUT2D eigenvalue weighted by Gasteiger charge is -2.47. The van der Waals surface area contributed by atoms with Crippen LogP contribution < -0.4 is 4.90 Å². The minimum atomic E-state index is -0.0300. The van der Waals surface area contributed by atoms with E-state index in [0.29, 0.717) is 18.8 Å². The van der Waals surface area contributed by atoms with Crippen LogP contribution in [0.15, 0.2) is 18.3 Å². The summed E-state index contributed by atoms with van der Waals surface area (Å²) in [6, 6.07) is 6.14. The van der Waals surface area contributed by atoms with Crippen LogP contribution in [-0.4, -0.2) is 41.0 Å². The van der Waals surface area contributed by atoms with Crippen LogP contribution >= 0.6 is 0 Å². The third kappa shape index (κ3) is 3.69. The van der Waals surface area contributed by atoms with E-state index in [-0.39, 0.29) is 29.3 Å². The molecule has 1 aromatic rings. The molecule has 0 spiro atoms. The van der Waals surface area contributed by atoms with E-state index in [1.54, 1.807) is 12.3 Å². The number of hydrogen-bond acceptors (Lipinski definition) is 4. The number of piperazine rings is 1. The van der Waals surface area contributed by atoms with E-state index in [0.717, 1.165) is 5.69 Å². The van der Waals surface area contributed by atoms with E-state index >= 15 is 0 Å². The largest absolute Gasteiger partial charge is 0.361 e. The van der Waals surface area contributed by atoms with E-state index in [4.69, 9.17) is 5.26 Å². The van der Waals surface area contributed by atoms with Gasteiger partial charge in [-0.2, -0.15) is 5.26 Å². The zero-order valence-electron chi connectivity index (χ0n) is 15.6. The molecule has 5 nitrogen and oxygen atoms in total. The van der Waals surface area contributed by atoms with E-state index in [1.165, 1.54) is 0 Å². The van der Waals surface area contributed by atoms with Gasteiger partial charge in [-0.25, -0.2) is 4.98 Å². The summed E-state index contributed by atoms with van der Waals surface area (Å²) in [5.74, 6) is 0.235. The molecular formula is C19H28N4O. The molecule has 0 aliphatic carbocycles. The predicted molar refractivity (Wildman–Crippen MR) is 95.6 cm³/mol. The second-order valence-electron chi connectivity index (χ2n) is 7.95. The molecule has 1 amide bonds. The number of hydrogen-bond donors (Lipinski definition) is 0. The Morgan fingerprint density at radius 1 is 1.29 bits per heavy atom. The molecule has 3 atom stereocenters. The lowest BCUT2D eigenvalue weighted by atomic mass is 9.81. The first-order valence-electron chi connectivity index (χ1n) is 8.58. The lowest BCUT2D eigenvalue weighted by Crippen LogP contribution is -2.59. The SMILES string of the molecule is CC1CN(C(=O)C(C)C(C)(C)C)CC(C)N1c1ccc(C#N)nc1. The standard InChI is InChI=1S/C19H28N4O/c1-13-11-22(18(24)15(3)19(4,5)6)12-14(2)23(13)17-8-7-16(9-20)21-10-17/h7-8,10,13-15H,11-12H2,1-6H3. The number of aromatic nitrogens is 1. The highest BCUT2D eigenvalue weighted by Gasteiger charge is 2.36. The normalized spacial score (nSPS) is 22.9. The van der Waals surface area contributed by atoms with Gasteiger partial charge in [-0.3, -0.25) is 4.79 Å². The van der Waals surface area contributed by atoms with Gasteiger partial charge in [-0.1, -0.05) is 27.7 Å². The molecule has 2 heterocycles. The molecule has 5 heteroatoms. The van der Waals surface area contributed by atoms with Crippen molar-refractivity contribution in [2.75, 3.05) is 18.0 Å². The number of carbonyl (C=O) groups excluding carboxylic acids is 1. The van der Waals surface area contributed by atoms with Gasteiger partial charge in [-0.05, 0) is 31.4 Å². The van der Waals surface area contributed by atoms with Crippen molar-refractivity contribution in [1.29, 1.82) is 5.26 Å². The number of amides is 1. The van der Waals surface area contributed by atoms with Gasteiger partial charge in [0, 0.05) is 31.1 Å². The van der Waals surface area contributed by atoms with Gasteiger partial charge >= 0.3 is 0 Å². The minimum absolute atomic E-state index is 0.0000266. The summed E-state index contributed by atoms with van der Waals surface area (Å²) >= 11 is 0. The number of pyridine rings is 1. The van der Waals surface area contributed by atoms with Crippen LogP contribution in [-0.2, 0) is 4.79 Å². The zero-order chi connectivity index (χ0) is 18.1. The first kappa shape index (κ1) is 18.3. The fraction of sp³-hybridized carbons (Fsp3) is 0.632. The lowest BCUT2D eigenvalue weighted by molar-refractivity contribution is -0.139. The molecule has 24 heavy (non-hydrogen) atoms. The Kier molecular flexibility index (Phi) is 5.17. The Morgan fingerprint density at radius 2 is 1.88 bits per heavy atom. The van der Waals surface area contributed by atoms with Crippen molar-refractivity contribution in [2.24, 2.45) is 11.3 Å². The molecule has 1 fully saturated rings. The summed E-state index contributed by atoms with van der Waals surface area (Å²) in [5.41, 5.74) is 1.40. The van der Waals surface area contributed by atoms with E-state index < -0.39 is 0 Å². The van der Waals surface area contributed by atoms with Crippen LogP contribution in [0.5, 0.6) is 0 Å². The monoisotopic (exact) mass is 328 g/mol. The number of anilines is 1. The van der Waals surface area contributed by atoms with Gasteiger partial charge in [0.25, 0.3) is 0 Å². The van der Waals surface area contributed by atoms with Gasteiger partial charge in [0.2, 0.25) is 5.91 Å². The van der Waals surface area contributed by atoms with E-state index in [9.17, 15) is 4.79 Å². The Labute approximate surface area is 145 Å². The highest BCUT2D eigenvalue weighted by molar-refractivity contribution is 5.79. The Balaban J connectivity index is 2.14. The van der Waals surface area contributed by atoms with Gasteiger partial charge in [0.1, 0.15) is 11.8 Å². The summed E-state index contributed by atoms with van der Waals surface area (Å²) in [6.45, 7) is 14.1. The van der Waals surface area contributed by atoms with Gasteiger partial charge in [0.05, 0.1) is 11.9 Å². The maximum atomic E-state index is 12.8. The summed E-state index contributed by atoms with van der Waals surface area (Å²) in [4.78, 5) is 21.3. The van der Waals surface area contributed by atoms with Crippen LogP contribution in [0, 0.1) is 22.7 Å². The van der Waals surface area contributed by atoms with Crippen molar-refractivity contribution in [2.45, 2.75) is 53.6 Å². The van der Waals surface area contributed by atoms with E-state index in [2.05, 4.69) is 44.5 Å². The fourth-order valence-electron chi connectivity index (χ4n) is 3.26. The van der Waals surface area contributed by atoms with Gasteiger partial charge in [-0.15, -0.1) is 0 Å². The molecule has 1 aromatic heterocycles. The third-order valence-corrected chi connectivity index (χ3v) is 5.06. The number of carbonyl (C=O) groups is 1. The topological polar surface area (TPSA) is 60.2 Å². The summed E-state index contributed by atoms with van der Waals surface area (Å²) < 4.78 is 0. The van der Waals surface area contributed by atoms with Crippen molar-refractivity contribution < 1.29 is 4.79 Å². The highest BCUT2D eigenvalue weighted by Crippen LogP contribution is 2.30. The fourth-order valence-corrected chi connectivity index (χ4v) is 3.26. The molecule has 1 aliphatic heterocycles. The third-order valence-electron chi connectivity index (χ3n) is 5.06.